The number of methoxy groups -OCH3 is 1. The van der Waals surface area contributed by atoms with Crippen LogP contribution < -0.4 is 10.1 Å². The maximum atomic E-state index is 12.4. The fourth-order valence-electron chi connectivity index (χ4n) is 4.04. The lowest BCUT2D eigenvalue weighted by atomic mass is 9.88. The first kappa shape index (κ1) is 17.3. The van der Waals surface area contributed by atoms with Crippen molar-refractivity contribution in [3.05, 3.63) is 63.7 Å². The highest BCUT2D eigenvalue weighted by Gasteiger charge is 2.36. The quantitative estimate of drug-likeness (QED) is 0.656. The van der Waals surface area contributed by atoms with Gasteiger partial charge in [-0.3, -0.25) is 14.9 Å². The molecule has 1 N–H and O–H groups in total. The average Bonchev–Trinajstić information content (AvgIpc) is 3.12. The smallest absolute Gasteiger partial charge is 0.269 e. The van der Waals surface area contributed by atoms with Crippen molar-refractivity contribution in [3.63, 3.8) is 0 Å². The van der Waals surface area contributed by atoms with E-state index in [1.165, 1.54) is 6.07 Å². The van der Waals surface area contributed by atoms with Crippen LogP contribution in [0.1, 0.15) is 42.5 Å². The van der Waals surface area contributed by atoms with E-state index >= 15 is 0 Å². The minimum Gasteiger partial charge on any atom is -0.497 e. The standard InChI is InChI=1S/C20H21N3O4/c1-27-15-7-8-17-16(11-15)19(22-9-3-6-20(22)24)12-18(21-17)13-4-2-5-14(10-13)23(25)26/h2,4-5,7-8,10-11,18-19,21H,3,6,9,12H2,1H3/t18-,19-/m0/s1. The summed E-state index contributed by atoms with van der Waals surface area (Å²) in [6.45, 7) is 0.738. The zero-order valence-electron chi connectivity index (χ0n) is 15.1. The largest absolute Gasteiger partial charge is 0.497 e. The van der Waals surface area contributed by atoms with Crippen molar-refractivity contribution in [2.75, 3.05) is 19.0 Å². The van der Waals surface area contributed by atoms with E-state index in [0.29, 0.717) is 12.8 Å². The molecule has 1 fully saturated rings. The van der Waals surface area contributed by atoms with Crippen LogP contribution in [0.2, 0.25) is 0 Å². The van der Waals surface area contributed by atoms with Gasteiger partial charge in [-0.2, -0.15) is 0 Å². The number of ether oxygens (including phenoxy) is 1. The third-order valence-corrected chi connectivity index (χ3v) is 5.38. The maximum absolute atomic E-state index is 12.4. The summed E-state index contributed by atoms with van der Waals surface area (Å²) in [5.41, 5.74) is 2.89. The number of carbonyl (C=O) groups excluding carboxylic acids is 1. The zero-order chi connectivity index (χ0) is 19.0. The number of rotatable bonds is 4. The molecule has 2 aromatic carbocycles. The van der Waals surface area contributed by atoms with Crippen molar-refractivity contribution in [2.24, 2.45) is 0 Å². The van der Waals surface area contributed by atoms with Crippen LogP contribution >= 0.6 is 0 Å². The Kier molecular flexibility index (Phi) is 4.43. The summed E-state index contributed by atoms with van der Waals surface area (Å²) in [7, 11) is 1.62. The minimum absolute atomic E-state index is 0.0728. The number of fused-ring (bicyclic) bond motifs is 1. The second kappa shape index (κ2) is 6.90. The van der Waals surface area contributed by atoms with E-state index in [0.717, 1.165) is 35.5 Å². The van der Waals surface area contributed by atoms with Gasteiger partial charge >= 0.3 is 0 Å². The van der Waals surface area contributed by atoms with E-state index in [1.54, 1.807) is 19.2 Å². The van der Waals surface area contributed by atoms with Gasteiger partial charge < -0.3 is 15.0 Å². The molecule has 7 heteroatoms. The third kappa shape index (κ3) is 3.20. The monoisotopic (exact) mass is 367 g/mol. The van der Waals surface area contributed by atoms with Gasteiger partial charge in [0.15, 0.2) is 0 Å². The van der Waals surface area contributed by atoms with Crippen LogP contribution in [-0.4, -0.2) is 29.4 Å². The zero-order valence-corrected chi connectivity index (χ0v) is 15.1. The second-order valence-corrected chi connectivity index (χ2v) is 6.94. The van der Waals surface area contributed by atoms with Crippen LogP contribution in [0, 0.1) is 10.1 Å². The van der Waals surface area contributed by atoms with Gasteiger partial charge in [0.05, 0.1) is 24.1 Å². The fraction of sp³-hybridized carbons (Fsp3) is 0.350. The molecular weight excluding hydrogens is 346 g/mol. The molecule has 4 rings (SSSR count). The van der Waals surface area contributed by atoms with Gasteiger partial charge in [0, 0.05) is 36.3 Å². The molecular formula is C20H21N3O4. The minimum atomic E-state index is -0.382. The number of non-ortho nitro benzene ring substituents is 1. The number of nitrogens with one attached hydrogen (secondary N) is 1. The molecule has 0 spiro atoms. The first-order valence-electron chi connectivity index (χ1n) is 9.05. The van der Waals surface area contributed by atoms with Gasteiger partial charge in [-0.25, -0.2) is 0 Å². The Balaban J connectivity index is 1.73. The summed E-state index contributed by atoms with van der Waals surface area (Å²) >= 11 is 0. The number of hydrogen-bond acceptors (Lipinski definition) is 5. The number of nitro groups is 1. The molecule has 2 aromatic rings. The van der Waals surface area contributed by atoms with Crippen molar-refractivity contribution in [1.29, 1.82) is 0 Å². The summed E-state index contributed by atoms with van der Waals surface area (Å²) in [6.07, 6.45) is 2.10. The average molecular weight is 367 g/mol. The summed E-state index contributed by atoms with van der Waals surface area (Å²) in [6, 6.07) is 12.3. The van der Waals surface area contributed by atoms with Crippen molar-refractivity contribution in [3.8, 4) is 5.75 Å². The van der Waals surface area contributed by atoms with E-state index in [4.69, 9.17) is 4.74 Å². The Morgan fingerprint density at radius 3 is 2.81 bits per heavy atom. The van der Waals surface area contributed by atoms with Crippen molar-refractivity contribution in [1.82, 2.24) is 4.90 Å². The molecule has 1 amide bonds. The molecule has 0 radical (unpaired) electrons. The number of hydrogen-bond donors (Lipinski definition) is 1. The van der Waals surface area contributed by atoms with Crippen LogP contribution in [-0.2, 0) is 4.79 Å². The number of nitrogens with zero attached hydrogens (tertiary/aromatic N) is 2. The molecule has 2 heterocycles. The van der Waals surface area contributed by atoms with Crippen molar-refractivity contribution < 1.29 is 14.5 Å². The van der Waals surface area contributed by atoms with E-state index in [9.17, 15) is 14.9 Å². The molecule has 0 bridgehead atoms. The highest BCUT2D eigenvalue weighted by molar-refractivity contribution is 5.79. The number of anilines is 1. The normalized spacial score (nSPS) is 21.5. The van der Waals surface area contributed by atoms with Crippen molar-refractivity contribution in [2.45, 2.75) is 31.3 Å². The van der Waals surface area contributed by atoms with E-state index in [2.05, 4.69) is 5.32 Å². The van der Waals surface area contributed by atoms with Gasteiger partial charge in [-0.1, -0.05) is 12.1 Å². The van der Waals surface area contributed by atoms with Gasteiger partial charge in [0.2, 0.25) is 5.91 Å². The summed E-state index contributed by atoms with van der Waals surface area (Å²) < 4.78 is 5.37. The summed E-state index contributed by atoms with van der Waals surface area (Å²) in [4.78, 5) is 25.1. The highest BCUT2D eigenvalue weighted by Crippen LogP contribution is 2.44. The number of amides is 1. The highest BCUT2D eigenvalue weighted by atomic mass is 16.6. The Hall–Kier alpha value is -3.09. The first-order valence-corrected chi connectivity index (χ1v) is 9.05. The third-order valence-electron chi connectivity index (χ3n) is 5.38. The first-order chi connectivity index (χ1) is 13.1. The predicted molar refractivity (Wildman–Crippen MR) is 101 cm³/mol. The molecule has 2 aliphatic rings. The lowest BCUT2D eigenvalue weighted by Gasteiger charge is -2.38. The van der Waals surface area contributed by atoms with Crippen LogP contribution in [0.5, 0.6) is 5.75 Å². The van der Waals surface area contributed by atoms with Crippen LogP contribution in [0.25, 0.3) is 0 Å². The molecule has 140 valence electrons. The number of benzene rings is 2. The number of carbonyl (C=O) groups is 1. The van der Waals surface area contributed by atoms with Crippen LogP contribution in [0.4, 0.5) is 11.4 Å². The molecule has 2 atom stereocenters. The second-order valence-electron chi connectivity index (χ2n) is 6.94. The molecule has 27 heavy (non-hydrogen) atoms. The van der Waals surface area contributed by atoms with Gasteiger partial charge in [-0.15, -0.1) is 0 Å². The fourth-order valence-corrected chi connectivity index (χ4v) is 4.04. The molecule has 0 unspecified atom stereocenters. The number of nitro benzene ring substituents is 1. The lowest BCUT2D eigenvalue weighted by Crippen LogP contribution is -2.35. The van der Waals surface area contributed by atoms with Gasteiger partial charge in [0.1, 0.15) is 5.75 Å². The lowest BCUT2D eigenvalue weighted by molar-refractivity contribution is -0.384. The van der Waals surface area contributed by atoms with Crippen molar-refractivity contribution >= 4 is 17.3 Å². The van der Waals surface area contributed by atoms with E-state index in [-0.39, 0.29) is 28.6 Å². The summed E-state index contributed by atoms with van der Waals surface area (Å²) in [5.74, 6) is 0.912. The predicted octanol–water partition coefficient (Wildman–Crippen LogP) is 3.82. The van der Waals surface area contributed by atoms with Gasteiger partial charge in [0.25, 0.3) is 5.69 Å². The Morgan fingerprint density at radius 2 is 2.11 bits per heavy atom. The molecule has 0 aliphatic carbocycles. The van der Waals surface area contributed by atoms with E-state index < -0.39 is 0 Å². The Bertz CT molecular complexity index is 899. The summed E-state index contributed by atoms with van der Waals surface area (Å²) in [5, 5.41) is 14.6. The Morgan fingerprint density at radius 1 is 1.26 bits per heavy atom. The molecule has 1 saturated heterocycles. The maximum Gasteiger partial charge on any atom is 0.269 e. The number of likely N-dealkylation sites (tertiary alicyclic amines) is 1. The molecule has 7 nitrogen and oxygen atoms in total. The van der Waals surface area contributed by atoms with Crippen LogP contribution in [0.15, 0.2) is 42.5 Å². The topological polar surface area (TPSA) is 84.7 Å². The van der Waals surface area contributed by atoms with Gasteiger partial charge in [-0.05, 0) is 36.6 Å². The SMILES string of the molecule is COc1ccc2c(c1)[C@@H](N1CCCC1=O)C[C@@H](c1cccc([N+](=O)[O-])c1)N2. The Labute approximate surface area is 157 Å². The van der Waals surface area contributed by atoms with Crippen LogP contribution in [0.3, 0.4) is 0 Å². The molecule has 0 saturated carbocycles. The molecule has 0 aromatic heterocycles. The van der Waals surface area contributed by atoms with E-state index in [1.807, 2.05) is 29.2 Å². The molecule has 2 aliphatic heterocycles.